The molecule has 0 aromatic carbocycles. The highest BCUT2D eigenvalue weighted by Gasteiger charge is 2.46. The van der Waals surface area contributed by atoms with Crippen molar-refractivity contribution in [3.8, 4) is 0 Å². The van der Waals surface area contributed by atoms with Crippen LogP contribution in [0.4, 0.5) is 0 Å². The summed E-state index contributed by atoms with van der Waals surface area (Å²) < 4.78 is 0. The van der Waals surface area contributed by atoms with E-state index < -0.39 is 0 Å². The normalized spacial score (nSPS) is 51.9. The fourth-order valence-corrected chi connectivity index (χ4v) is 17.9. The lowest BCUT2D eigenvalue weighted by Gasteiger charge is -2.45. The Morgan fingerprint density at radius 1 is 0.344 bits per heavy atom. The Balaban J connectivity index is 0.0000000949. The van der Waals surface area contributed by atoms with Gasteiger partial charge in [-0.1, -0.05) is 48.5 Å². The molecule has 7 N–H and O–H groups in total. The Morgan fingerprint density at radius 3 is 1.50 bits per heavy atom. The third kappa shape index (κ3) is 12.9. The summed E-state index contributed by atoms with van der Waals surface area (Å²) >= 11 is 0. The van der Waals surface area contributed by atoms with Crippen LogP contribution in [0.2, 0.25) is 0 Å². The summed E-state index contributed by atoms with van der Waals surface area (Å²) in [6.07, 6.45) is 30.8. The van der Waals surface area contributed by atoms with E-state index in [9.17, 15) is 0 Å². The molecule has 64 heavy (non-hydrogen) atoms. The minimum atomic E-state index is 0.722. The van der Waals surface area contributed by atoms with Crippen LogP contribution in [0.15, 0.2) is 0 Å². The number of nitrogens with one attached hydrogen (secondary N) is 7. The second-order valence-corrected chi connectivity index (χ2v) is 27.2. The Bertz CT molecular complexity index is 1300. The van der Waals surface area contributed by atoms with E-state index in [4.69, 9.17) is 0 Å². The highest BCUT2D eigenvalue weighted by molar-refractivity contribution is 5.00. The molecular formula is C57H105N7. The van der Waals surface area contributed by atoms with E-state index >= 15 is 0 Å². The molecule has 0 radical (unpaired) electrons. The second kappa shape index (κ2) is 22.2. The fraction of sp³-hybridized carbons (Fsp3) is 1.00. The SMILES string of the molecule is CC12CC3CNC(CC(C3)C1)C2.CC1C2CCC1NC2.CC1CC2CC1CN2.CC1CC2CCC(C1)N2.CC1CC2CCC1CNC2.CC1CC2CNC(C1)C2.CC1CC2CNC1C2. The molecule has 368 valence electrons. The first kappa shape index (κ1) is 48.7. The molecular weight excluding hydrogens is 783 g/mol. The van der Waals surface area contributed by atoms with Crippen LogP contribution in [0.5, 0.6) is 0 Å². The first-order valence-corrected chi connectivity index (χ1v) is 29.0. The van der Waals surface area contributed by atoms with Gasteiger partial charge in [0, 0.05) is 42.3 Å². The van der Waals surface area contributed by atoms with Crippen LogP contribution in [0.3, 0.4) is 0 Å². The molecule has 10 aliphatic heterocycles. The van der Waals surface area contributed by atoms with Crippen LogP contribution in [0, 0.1) is 88.3 Å². The first-order chi connectivity index (χ1) is 30.9. The van der Waals surface area contributed by atoms with Crippen LogP contribution in [-0.4, -0.2) is 88.1 Å². The van der Waals surface area contributed by atoms with Crippen LogP contribution in [0.1, 0.15) is 183 Å². The van der Waals surface area contributed by atoms with Crippen LogP contribution < -0.4 is 37.2 Å². The zero-order valence-electron chi connectivity index (χ0n) is 42.9. The van der Waals surface area contributed by atoms with E-state index in [1.807, 2.05) is 0 Å². The van der Waals surface area contributed by atoms with Crippen molar-refractivity contribution in [3.05, 3.63) is 0 Å². The molecule has 0 aromatic heterocycles. The zero-order valence-corrected chi connectivity index (χ0v) is 42.9. The maximum atomic E-state index is 3.73. The minimum Gasteiger partial charge on any atom is -0.316 e. The number of piperidine rings is 4. The molecule has 17 aliphatic rings. The van der Waals surface area contributed by atoms with Gasteiger partial charge in [-0.2, -0.15) is 0 Å². The molecule has 0 amide bonds. The standard InChI is InChI=1S/C11H19N.C9H17N.2C8H15N.3C7H13N/c1-11-4-8-2-9(5-11)7-12-10(3-8)6-11;1-7-4-8-2-3-9(7)6-10-5-8;1-6-2-7-4-8(3-6)9-5-7;1-6-4-7-2-3-8(5-6)9-7;1-5-2-7-3-6(5)4-8-7;1-5-2-6-3-7(5)8-4-6;1-5-6-2-3-7(5)8-4-6/h8-10,12H,2-7H2,1H3;7-10H,2-6H2,1H3;2*6-9H,2-5H2,1H3;3*5-8H,2-4H2,1H3. The molecule has 21 atom stereocenters. The highest BCUT2D eigenvalue weighted by atomic mass is 15.0. The molecule has 21 unspecified atom stereocenters. The zero-order chi connectivity index (χ0) is 44.4. The third-order valence-corrected chi connectivity index (χ3v) is 21.3. The Morgan fingerprint density at radius 2 is 0.953 bits per heavy atom. The van der Waals surface area contributed by atoms with Gasteiger partial charge in [-0.25, -0.2) is 0 Å². The van der Waals surface area contributed by atoms with Gasteiger partial charge in [0.15, 0.2) is 0 Å². The van der Waals surface area contributed by atoms with Crippen LogP contribution in [-0.2, 0) is 0 Å². The lowest BCUT2D eigenvalue weighted by molar-refractivity contribution is 0.0690. The smallest absolute Gasteiger partial charge is 0.00960 e. The lowest BCUT2D eigenvalue weighted by Crippen LogP contribution is -2.39. The summed E-state index contributed by atoms with van der Waals surface area (Å²) in [5.41, 5.74) is 0.722. The third-order valence-electron chi connectivity index (χ3n) is 21.3. The average Bonchev–Trinajstić information content (AvgIpc) is 4.17. The van der Waals surface area contributed by atoms with Crippen LogP contribution in [0.25, 0.3) is 0 Å². The van der Waals surface area contributed by atoms with Crippen molar-refractivity contribution in [2.75, 3.05) is 45.8 Å². The molecule has 0 aromatic rings. The van der Waals surface area contributed by atoms with Gasteiger partial charge in [0.05, 0.1) is 0 Å². The fourth-order valence-electron chi connectivity index (χ4n) is 17.9. The average molecular weight is 889 g/mol. The predicted octanol–water partition coefficient (Wildman–Crippen LogP) is 9.76. The monoisotopic (exact) mass is 888 g/mol. The van der Waals surface area contributed by atoms with Gasteiger partial charge in [-0.15, -0.1) is 0 Å². The van der Waals surface area contributed by atoms with Gasteiger partial charge in [-0.05, 0) is 269 Å². The van der Waals surface area contributed by atoms with E-state index in [2.05, 4.69) is 85.7 Å². The van der Waals surface area contributed by atoms with E-state index in [1.54, 1.807) is 0 Å². The highest BCUT2D eigenvalue weighted by Crippen LogP contribution is 2.52. The molecule has 10 saturated heterocycles. The lowest BCUT2D eigenvalue weighted by atomic mass is 9.60. The summed E-state index contributed by atoms with van der Waals surface area (Å²) in [6.45, 7) is 25.9. The largest absolute Gasteiger partial charge is 0.316 e. The molecule has 7 aliphatic carbocycles. The van der Waals surface area contributed by atoms with Gasteiger partial charge in [-0.3, -0.25) is 0 Å². The van der Waals surface area contributed by atoms with Gasteiger partial charge < -0.3 is 37.2 Å². The number of hydrogen-bond acceptors (Lipinski definition) is 7. The Kier molecular flexibility index (Phi) is 16.9. The van der Waals surface area contributed by atoms with Crippen molar-refractivity contribution < 1.29 is 0 Å². The van der Waals surface area contributed by atoms with Gasteiger partial charge in [0.1, 0.15) is 0 Å². The quantitative estimate of drug-likeness (QED) is 0.131. The number of fused-ring (bicyclic) bond motifs is 15. The van der Waals surface area contributed by atoms with Crippen molar-refractivity contribution in [1.29, 1.82) is 0 Å². The van der Waals surface area contributed by atoms with E-state index in [1.165, 1.54) is 181 Å². The van der Waals surface area contributed by atoms with Crippen molar-refractivity contribution >= 4 is 0 Å². The summed E-state index contributed by atoms with van der Waals surface area (Å²) in [4.78, 5) is 0. The Labute approximate surface area is 395 Å². The topological polar surface area (TPSA) is 84.2 Å². The first-order valence-electron chi connectivity index (χ1n) is 29.0. The van der Waals surface area contributed by atoms with Crippen LogP contribution >= 0.6 is 0 Å². The minimum absolute atomic E-state index is 0.722. The number of hydrogen-bond donors (Lipinski definition) is 7. The molecule has 7 saturated carbocycles. The number of rotatable bonds is 0. The maximum absolute atomic E-state index is 3.73. The van der Waals surface area contributed by atoms with E-state index in [0.717, 1.165) is 131 Å². The molecule has 17 fully saturated rings. The van der Waals surface area contributed by atoms with Gasteiger partial charge in [0.25, 0.3) is 0 Å². The summed E-state index contributed by atoms with van der Waals surface area (Å²) in [5.74, 6) is 14.1. The van der Waals surface area contributed by atoms with E-state index in [-0.39, 0.29) is 0 Å². The summed E-state index contributed by atoms with van der Waals surface area (Å²) in [6, 6.07) is 6.22. The van der Waals surface area contributed by atoms with Gasteiger partial charge in [0.2, 0.25) is 0 Å². The molecule has 7 nitrogen and oxygen atoms in total. The summed E-state index contributed by atoms with van der Waals surface area (Å²) in [7, 11) is 0. The van der Waals surface area contributed by atoms with Gasteiger partial charge >= 0.3 is 0 Å². The molecule has 17 rings (SSSR count). The van der Waals surface area contributed by atoms with Crippen molar-refractivity contribution in [1.82, 2.24) is 37.2 Å². The molecule has 10 heterocycles. The Hall–Kier alpha value is -0.280. The molecule has 7 heteroatoms. The van der Waals surface area contributed by atoms with Crippen molar-refractivity contribution in [2.24, 2.45) is 88.3 Å². The van der Waals surface area contributed by atoms with E-state index in [0.29, 0.717) is 0 Å². The molecule has 0 spiro atoms. The van der Waals surface area contributed by atoms with Crippen molar-refractivity contribution in [3.63, 3.8) is 0 Å². The van der Waals surface area contributed by atoms with Crippen molar-refractivity contribution in [2.45, 2.75) is 226 Å². The maximum Gasteiger partial charge on any atom is 0.00960 e. The predicted molar refractivity (Wildman–Crippen MR) is 271 cm³/mol. The molecule has 16 bridgehead atoms. The summed E-state index contributed by atoms with van der Waals surface area (Å²) in [5, 5.41) is 24.9. The second-order valence-electron chi connectivity index (χ2n) is 27.2.